The van der Waals surface area contributed by atoms with Crippen LogP contribution in [0.5, 0.6) is 0 Å². The molecule has 0 spiro atoms. The van der Waals surface area contributed by atoms with Gasteiger partial charge in [0.05, 0.1) is 7.57 Å². The van der Waals surface area contributed by atoms with Gasteiger partial charge in [-0.2, -0.15) is 0 Å². The Balaban J connectivity index is 2.50. The largest absolute Gasteiger partial charge is 0.373 e. The fourth-order valence-corrected chi connectivity index (χ4v) is 3.85. The summed E-state index contributed by atoms with van der Waals surface area (Å²) in [6.45, 7) is 4.89. The summed E-state index contributed by atoms with van der Waals surface area (Å²) in [6.07, 6.45) is 0. The van der Waals surface area contributed by atoms with Crippen LogP contribution in [0.1, 0.15) is 24.2 Å². The highest BCUT2D eigenvalue weighted by Crippen LogP contribution is 2.32. The van der Waals surface area contributed by atoms with Crippen molar-refractivity contribution in [2.45, 2.75) is 13.8 Å². The zero-order chi connectivity index (χ0) is 11.4. The lowest BCUT2D eigenvalue weighted by Crippen LogP contribution is -2.11. The van der Waals surface area contributed by atoms with Crippen LogP contribution in [0.2, 0.25) is 0 Å². The number of hydrogen-bond donors (Lipinski definition) is 0. The number of rotatable bonds is 5. The van der Waals surface area contributed by atoms with Gasteiger partial charge in [0.25, 0.3) is 0 Å². The van der Waals surface area contributed by atoms with Gasteiger partial charge in [0, 0.05) is 12.2 Å². The maximum absolute atomic E-state index is 11.7. The van der Waals surface area contributed by atoms with Crippen LogP contribution in [0.25, 0.3) is 0 Å². The Morgan fingerprint density at radius 1 is 1.53 bits per heavy atom. The minimum absolute atomic E-state index is 0.0180. The van der Waals surface area contributed by atoms with Crippen molar-refractivity contribution in [3.05, 3.63) is 19.2 Å². The predicted molar refractivity (Wildman–Crippen MR) is 69.7 cm³/mol. The monoisotopic (exact) mass is 354 g/mol. The summed E-state index contributed by atoms with van der Waals surface area (Å²) in [7, 11) is 0. The molecule has 0 fully saturated rings. The maximum atomic E-state index is 11.7. The molecule has 0 aliphatic rings. The SMILES string of the molecule is CC(C)COCC(=O)c1cc(Br)sc1Br. The molecule has 1 aromatic rings. The van der Waals surface area contributed by atoms with Gasteiger partial charge in [-0.1, -0.05) is 13.8 Å². The zero-order valence-electron chi connectivity index (χ0n) is 8.55. The summed E-state index contributed by atoms with van der Waals surface area (Å²) < 4.78 is 7.09. The van der Waals surface area contributed by atoms with Crippen molar-refractivity contribution in [3.63, 3.8) is 0 Å². The summed E-state index contributed by atoms with van der Waals surface area (Å²) in [5, 5.41) is 0. The first-order chi connectivity index (χ1) is 7.00. The second-order valence-corrected chi connectivity index (χ2v) is 7.32. The molecule has 1 aromatic heterocycles. The topological polar surface area (TPSA) is 26.3 Å². The Morgan fingerprint density at radius 2 is 2.20 bits per heavy atom. The van der Waals surface area contributed by atoms with Crippen LogP contribution in [0.15, 0.2) is 13.6 Å². The van der Waals surface area contributed by atoms with Crippen molar-refractivity contribution in [2.75, 3.05) is 13.2 Å². The van der Waals surface area contributed by atoms with Crippen molar-refractivity contribution >= 4 is 49.0 Å². The van der Waals surface area contributed by atoms with E-state index in [1.165, 1.54) is 11.3 Å². The fourth-order valence-electron chi connectivity index (χ4n) is 0.995. The van der Waals surface area contributed by atoms with Crippen LogP contribution in [0.3, 0.4) is 0 Å². The summed E-state index contributed by atoms with van der Waals surface area (Å²) >= 11 is 8.18. The van der Waals surface area contributed by atoms with Crippen molar-refractivity contribution < 1.29 is 9.53 Å². The zero-order valence-corrected chi connectivity index (χ0v) is 12.5. The highest BCUT2D eigenvalue weighted by Gasteiger charge is 2.13. The molecule has 15 heavy (non-hydrogen) atoms. The van der Waals surface area contributed by atoms with Gasteiger partial charge in [0.1, 0.15) is 6.61 Å². The van der Waals surface area contributed by atoms with Gasteiger partial charge in [-0.3, -0.25) is 4.79 Å². The molecule has 0 unspecified atom stereocenters. The lowest BCUT2D eigenvalue weighted by atomic mass is 10.2. The van der Waals surface area contributed by atoms with E-state index in [0.717, 1.165) is 7.57 Å². The molecule has 0 aliphatic carbocycles. The molecule has 2 nitrogen and oxygen atoms in total. The molecule has 0 radical (unpaired) electrons. The molecule has 84 valence electrons. The second-order valence-electron chi connectivity index (χ2n) is 3.57. The van der Waals surface area contributed by atoms with E-state index in [9.17, 15) is 4.79 Å². The van der Waals surface area contributed by atoms with Gasteiger partial charge in [0.15, 0.2) is 5.78 Å². The number of carbonyl (C=O) groups is 1. The Labute approximate surface area is 110 Å². The summed E-state index contributed by atoms with van der Waals surface area (Å²) in [5.41, 5.74) is 0.690. The van der Waals surface area contributed by atoms with E-state index in [1.807, 2.05) is 6.07 Å². The normalized spacial score (nSPS) is 11.0. The molecule has 0 aliphatic heterocycles. The quantitative estimate of drug-likeness (QED) is 0.742. The first-order valence-corrected chi connectivity index (χ1v) is 6.96. The van der Waals surface area contributed by atoms with E-state index < -0.39 is 0 Å². The third-order valence-electron chi connectivity index (χ3n) is 1.64. The molecule has 0 amide bonds. The molecular weight excluding hydrogens is 344 g/mol. The van der Waals surface area contributed by atoms with Gasteiger partial charge in [-0.05, 0) is 43.8 Å². The fraction of sp³-hybridized carbons (Fsp3) is 0.500. The first-order valence-electron chi connectivity index (χ1n) is 4.56. The summed E-state index contributed by atoms with van der Waals surface area (Å²) in [6, 6.07) is 1.82. The van der Waals surface area contributed by atoms with Gasteiger partial charge >= 0.3 is 0 Å². The van der Waals surface area contributed by atoms with Gasteiger partial charge < -0.3 is 4.74 Å². The van der Waals surface area contributed by atoms with E-state index in [0.29, 0.717) is 18.1 Å². The number of thiophene rings is 1. The molecular formula is C10H12Br2O2S. The molecule has 0 bridgehead atoms. The third-order valence-corrected chi connectivity index (χ3v) is 3.98. The van der Waals surface area contributed by atoms with Crippen molar-refractivity contribution in [1.82, 2.24) is 0 Å². The Hall–Kier alpha value is 0.290. The molecule has 1 rings (SSSR count). The predicted octanol–water partition coefficient (Wildman–Crippen LogP) is 4.13. The highest BCUT2D eigenvalue weighted by molar-refractivity contribution is 9.12. The van der Waals surface area contributed by atoms with E-state index in [2.05, 4.69) is 45.7 Å². The first kappa shape index (κ1) is 13.4. The van der Waals surface area contributed by atoms with Crippen LogP contribution in [-0.4, -0.2) is 19.0 Å². The minimum Gasteiger partial charge on any atom is -0.373 e. The van der Waals surface area contributed by atoms with Crippen molar-refractivity contribution in [3.8, 4) is 0 Å². The molecule has 0 saturated carbocycles. The number of ketones is 1. The second kappa shape index (κ2) is 6.13. The Kier molecular flexibility index (Phi) is 5.46. The van der Waals surface area contributed by atoms with Crippen LogP contribution in [0.4, 0.5) is 0 Å². The Bertz CT molecular complexity index is 347. The smallest absolute Gasteiger partial charge is 0.190 e. The van der Waals surface area contributed by atoms with Gasteiger partial charge in [0.2, 0.25) is 0 Å². The van der Waals surface area contributed by atoms with Crippen LogP contribution in [0, 0.1) is 5.92 Å². The van der Waals surface area contributed by atoms with E-state index in [-0.39, 0.29) is 12.4 Å². The van der Waals surface area contributed by atoms with Gasteiger partial charge in [-0.25, -0.2) is 0 Å². The van der Waals surface area contributed by atoms with E-state index in [4.69, 9.17) is 4.74 Å². The number of halogens is 2. The molecule has 1 heterocycles. The average Bonchev–Trinajstić information content (AvgIpc) is 2.44. The molecule has 0 atom stereocenters. The lowest BCUT2D eigenvalue weighted by molar-refractivity contribution is 0.0705. The minimum atomic E-state index is 0.0180. The van der Waals surface area contributed by atoms with Crippen LogP contribution in [-0.2, 0) is 4.74 Å². The van der Waals surface area contributed by atoms with Crippen molar-refractivity contribution in [2.24, 2.45) is 5.92 Å². The molecule has 0 aromatic carbocycles. The highest BCUT2D eigenvalue weighted by atomic mass is 79.9. The lowest BCUT2D eigenvalue weighted by Gasteiger charge is -2.05. The average molecular weight is 356 g/mol. The van der Waals surface area contributed by atoms with Gasteiger partial charge in [-0.15, -0.1) is 11.3 Å². The third kappa shape index (κ3) is 4.34. The molecule has 0 N–H and O–H groups in total. The van der Waals surface area contributed by atoms with Crippen molar-refractivity contribution in [1.29, 1.82) is 0 Å². The number of ether oxygens (including phenoxy) is 1. The summed E-state index contributed by atoms with van der Waals surface area (Å²) in [4.78, 5) is 11.7. The van der Waals surface area contributed by atoms with E-state index >= 15 is 0 Å². The summed E-state index contributed by atoms with van der Waals surface area (Å²) in [5.74, 6) is 0.472. The van der Waals surface area contributed by atoms with Crippen LogP contribution >= 0.6 is 43.2 Å². The number of hydrogen-bond acceptors (Lipinski definition) is 3. The Morgan fingerprint density at radius 3 is 2.67 bits per heavy atom. The maximum Gasteiger partial charge on any atom is 0.190 e. The van der Waals surface area contributed by atoms with Crippen LogP contribution < -0.4 is 0 Å². The molecule has 5 heteroatoms. The standard InChI is InChI=1S/C10H12Br2O2S/c1-6(2)4-14-5-8(13)7-3-9(11)15-10(7)12/h3,6H,4-5H2,1-2H3. The molecule has 0 saturated heterocycles. The number of carbonyl (C=O) groups excluding carboxylic acids is 1. The van der Waals surface area contributed by atoms with E-state index in [1.54, 1.807) is 0 Å². The number of Topliss-reactive ketones (excluding diaryl/α,β-unsaturated/α-hetero) is 1.